The van der Waals surface area contributed by atoms with E-state index in [4.69, 9.17) is 5.11 Å². The molecule has 0 bridgehead atoms. The lowest BCUT2D eigenvalue weighted by molar-refractivity contribution is -0.137. The van der Waals surface area contributed by atoms with Crippen molar-refractivity contribution in [2.75, 3.05) is 13.2 Å². The smallest absolute Gasteiger partial charge is 0.294 e. The molecule has 0 fully saturated rings. The molecule has 0 heterocycles. The maximum Gasteiger partial charge on any atom is 0.294 e. The highest BCUT2D eigenvalue weighted by atomic mass is 16.5. The third-order valence-corrected chi connectivity index (χ3v) is 1.97. The van der Waals surface area contributed by atoms with Gasteiger partial charge in [-0.1, -0.05) is 30.3 Å². The standard InChI is InChI=1S/C11H13NO4/c13-7-11(16-8-14)12-6-10(15)9-4-2-1-3-5-9/h1-5,8,11-13H,6-7H2. The third-order valence-electron chi connectivity index (χ3n) is 1.97. The molecular weight excluding hydrogens is 210 g/mol. The van der Waals surface area contributed by atoms with Crippen LogP contribution in [0, 0.1) is 0 Å². The van der Waals surface area contributed by atoms with Crippen LogP contribution < -0.4 is 5.32 Å². The molecule has 1 rings (SSSR count). The number of hydrogen-bond donors (Lipinski definition) is 2. The molecule has 16 heavy (non-hydrogen) atoms. The monoisotopic (exact) mass is 223 g/mol. The lowest BCUT2D eigenvalue weighted by Gasteiger charge is -2.13. The first kappa shape index (κ1) is 12.4. The van der Waals surface area contributed by atoms with Crippen molar-refractivity contribution in [1.29, 1.82) is 0 Å². The summed E-state index contributed by atoms with van der Waals surface area (Å²) in [6.07, 6.45) is -0.842. The molecular formula is C11H13NO4. The van der Waals surface area contributed by atoms with Gasteiger partial charge in [-0.3, -0.25) is 14.9 Å². The van der Waals surface area contributed by atoms with Gasteiger partial charge in [0.15, 0.2) is 12.0 Å². The van der Waals surface area contributed by atoms with E-state index >= 15 is 0 Å². The normalized spacial score (nSPS) is 11.8. The summed E-state index contributed by atoms with van der Waals surface area (Å²) in [5, 5.41) is 11.4. The number of carbonyl (C=O) groups is 2. The quantitative estimate of drug-likeness (QED) is 0.385. The fourth-order valence-corrected chi connectivity index (χ4v) is 1.16. The van der Waals surface area contributed by atoms with Gasteiger partial charge in [-0.15, -0.1) is 0 Å². The molecule has 0 aliphatic carbocycles. The van der Waals surface area contributed by atoms with Crippen molar-refractivity contribution in [2.45, 2.75) is 6.23 Å². The molecule has 0 spiro atoms. The number of carbonyl (C=O) groups excluding carboxylic acids is 2. The molecule has 0 saturated heterocycles. The molecule has 0 radical (unpaired) electrons. The topological polar surface area (TPSA) is 75.6 Å². The molecule has 5 heteroatoms. The van der Waals surface area contributed by atoms with E-state index < -0.39 is 6.23 Å². The summed E-state index contributed by atoms with van der Waals surface area (Å²) >= 11 is 0. The molecule has 0 aromatic heterocycles. The van der Waals surface area contributed by atoms with Crippen LogP contribution in [0.3, 0.4) is 0 Å². The van der Waals surface area contributed by atoms with Crippen molar-refractivity contribution in [2.24, 2.45) is 0 Å². The highest BCUT2D eigenvalue weighted by Gasteiger charge is 2.10. The van der Waals surface area contributed by atoms with Gasteiger partial charge in [-0.05, 0) is 0 Å². The largest absolute Gasteiger partial charge is 0.446 e. The highest BCUT2D eigenvalue weighted by molar-refractivity contribution is 5.97. The number of rotatable bonds is 7. The van der Waals surface area contributed by atoms with Crippen LogP contribution in [-0.2, 0) is 9.53 Å². The first-order chi connectivity index (χ1) is 7.77. The summed E-state index contributed by atoms with van der Waals surface area (Å²) in [4.78, 5) is 21.6. The zero-order valence-corrected chi connectivity index (χ0v) is 8.63. The Kier molecular flexibility index (Phi) is 5.18. The second-order valence-electron chi connectivity index (χ2n) is 3.07. The average molecular weight is 223 g/mol. The zero-order valence-electron chi connectivity index (χ0n) is 8.63. The van der Waals surface area contributed by atoms with E-state index in [-0.39, 0.29) is 25.4 Å². The number of aliphatic hydroxyl groups is 1. The maximum atomic E-state index is 11.6. The summed E-state index contributed by atoms with van der Waals surface area (Å²) in [5.74, 6) is -0.131. The molecule has 1 aromatic rings. The Morgan fingerprint density at radius 3 is 2.69 bits per heavy atom. The van der Waals surface area contributed by atoms with Crippen molar-refractivity contribution in [3.8, 4) is 0 Å². The van der Waals surface area contributed by atoms with E-state index in [1.165, 1.54) is 0 Å². The van der Waals surface area contributed by atoms with Crippen molar-refractivity contribution in [3.05, 3.63) is 35.9 Å². The number of Topliss-reactive ketones (excluding diaryl/α,β-unsaturated/α-hetero) is 1. The highest BCUT2D eigenvalue weighted by Crippen LogP contribution is 1.99. The predicted molar refractivity (Wildman–Crippen MR) is 56.8 cm³/mol. The number of hydrogen-bond acceptors (Lipinski definition) is 5. The minimum absolute atomic E-state index is 0.00306. The molecule has 86 valence electrons. The van der Waals surface area contributed by atoms with Crippen LogP contribution in [0.15, 0.2) is 30.3 Å². The van der Waals surface area contributed by atoms with Crippen LogP contribution in [0.1, 0.15) is 10.4 Å². The average Bonchev–Trinajstić information content (AvgIpc) is 2.35. The van der Waals surface area contributed by atoms with Crippen molar-refractivity contribution >= 4 is 12.3 Å². The molecule has 1 aromatic carbocycles. The van der Waals surface area contributed by atoms with Gasteiger partial charge in [0.1, 0.15) is 0 Å². The Bertz CT molecular complexity index is 339. The van der Waals surface area contributed by atoms with Gasteiger partial charge in [0, 0.05) is 5.56 Å². The summed E-state index contributed by atoms with van der Waals surface area (Å²) < 4.78 is 4.48. The second kappa shape index (κ2) is 6.71. The zero-order chi connectivity index (χ0) is 11.8. The third kappa shape index (κ3) is 3.80. The Hall–Kier alpha value is -1.72. The van der Waals surface area contributed by atoms with Crippen molar-refractivity contribution in [1.82, 2.24) is 5.32 Å². The van der Waals surface area contributed by atoms with Crippen LogP contribution >= 0.6 is 0 Å². The second-order valence-corrected chi connectivity index (χ2v) is 3.07. The van der Waals surface area contributed by atoms with Gasteiger partial charge in [-0.25, -0.2) is 0 Å². The van der Waals surface area contributed by atoms with Gasteiger partial charge in [0.05, 0.1) is 13.2 Å². The number of nitrogens with one attached hydrogen (secondary N) is 1. The van der Waals surface area contributed by atoms with Crippen molar-refractivity contribution < 1.29 is 19.4 Å². The summed E-state index contributed by atoms with van der Waals surface area (Å²) in [5.41, 5.74) is 0.567. The first-order valence-corrected chi connectivity index (χ1v) is 4.79. The number of ketones is 1. The van der Waals surface area contributed by atoms with Crippen molar-refractivity contribution in [3.63, 3.8) is 0 Å². The number of benzene rings is 1. The fourth-order valence-electron chi connectivity index (χ4n) is 1.16. The molecule has 5 nitrogen and oxygen atoms in total. The lowest BCUT2D eigenvalue weighted by atomic mass is 10.1. The minimum Gasteiger partial charge on any atom is -0.446 e. The minimum atomic E-state index is -0.842. The molecule has 0 aliphatic rings. The summed E-state index contributed by atoms with van der Waals surface area (Å²) in [6, 6.07) is 8.73. The van der Waals surface area contributed by atoms with E-state index in [2.05, 4.69) is 10.1 Å². The molecule has 0 amide bonds. The molecule has 0 aliphatic heterocycles. The van der Waals surface area contributed by atoms with Crippen LogP contribution in [0.2, 0.25) is 0 Å². The molecule has 2 N–H and O–H groups in total. The Balaban J connectivity index is 2.43. The van der Waals surface area contributed by atoms with Crippen LogP contribution in [0.4, 0.5) is 0 Å². The van der Waals surface area contributed by atoms with E-state index in [1.807, 2.05) is 6.07 Å². The van der Waals surface area contributed by atoms with Crippen LogP contribution in [0.25, 0.3) is 0 Å². The lowest BCUT2D eigenvalue weighted by Crippen LogP contribution is -2.38. The van der Waals surface area contributed by atoms with Crippen LogP contribution in [-0.4, -0.2) is 36.7 Å². The Morgan fingerprint density at radius 1 is 1.44 bits per heavy atom. The van der Waals surface area contributed by atoms with Gasteiger partial charge < -0.3 is 9.84 Å². The molecule has 0 saturated carbocycles. The SMILES string of the molecule is O=COC(CO)NCC(=O)c1ccccc1. The summed E-state index contributed by atoms with van der Waals surface area (Å²) in [6.45, 7) is -0.148. The molecule has 1 unspecified atom stereocenters. The Labute approximate surface area is 93.0 Å². The fraction of sp³-hybridized carbons (Fsp3) is 0.273. The van der Waals surface area contributed by atoms with Gasteiger partial charge in [0.2, 0.25) is 0 Å². The summed E-state index contributed by atoms with van der Waals surface area (Å²) in [7, 11) is 0. The number of aliphatic hydroxyl groups excluding tert-OH is 1. The Morgan fingerprint density at radius 2 is 2.12 bits per heavy atom. The van der Waals surface area contributed by atoms with Gasteiger partial charge >= 0.3 is 0 Å². The van der Waals surface area contributed by atoms with E-state index in [0.717, 1.165) is 0 Å². The number of ether oxygens (including phenoxy) is 1. The van der Waals surface area contributed by atoms with Gasteiger partial charge in [0.25, 0.3) is 6.47 Å². The maximum absolute atomic E-state index is 11.6. The van der Waals surface area contributed by atoms with E-state index in [9.17, 15) is 9.59 Å². The van der Waals surface area contributed by atoms with E-state index in [0.29, 0.717) is 5.56 Å². The van der Waals surface area contributed by atoms with Crippen LogP contribution in [0.5, 0.6) is 0 Å². The van der Waals surface area contributed by atoms with Gasteiger partial charge in [-0.2, -0.15) is 0 Å². The van der Waals surface area contributed by atoms with E-state index in [1.54, 1.807) is 24.3 Å². The predicted octanol–water partition coefficient (Wildman–Crippen LogP) is -0.0497. The molecule has 1 atom stereocenters. The first-order valence-electron chi connectivity index (χ1n) is 4.79.